The van der Waals surface area contributed by atoms with Crippen molar-refractivity contribution in [3.05, 3.63) is 35.6 Å². The van der Waals surface area contributed by atoms with Gasteiger partial charge in [0.25, 0.3) is 0 Å². The Kier molecular flexibility index (Phi) is 10.9. The molecule has 7 heteroatoms. The number of benzene rings is 1. The van der Waals surface area contributed by atoms with Gasteiger partial charge in [-0.15, -0.1) is 24.0 Å². The first kappa shape index (κ1) is 21.1. The Labute approximate surface area is 160 Å². The van der Waals surface area contributed by atoms with E-state index in [2.05, 4.69) is 15.2 Å². The molecule has 0 atom stereocenters. The van der Waals surface area contributed by atoms with Crippen LogP contribution in [0.25, 0.3) is 0 Å². The molecule has 1 fully saturated rings. The van der Waals surface area contributed by atoms with E-state index in [0.717, 1.165) is 64.2 Å². The Morgan fingerprint density at radius 3 is 2.83 bits per heavy atom. The van der Waals surface area contributed by atoms with Crippen LogP contribution in [-0.4, -0.2) is 56.8 Å². The van der Waals surface area contributed by atoms with Crippen LogP contribution in [0.2, 0.25) is 0 Å². The Hall–Kier alpha value is -0.930. The summed E-state index contributed by atoms with van der Waals surface area (Å²) >= 11 is 0. The smallest absolute Gasteiger partial charge is 0.188 e. The van der Waals surface area contributed by atoms with E-state index in [1.807, 2.05) is 6.07 Å². The van der Waals surface area contributed by atoms with Gasteiger partial charge in [0.05, 0.1) is 13.2 Å². The van der Waals surface area contributed by atoms with Crippen LogP contribution in [0.15, 0.2) is 29.3 Å². The molecule has 0 saturated carbocycles. The highest BCUT2D eigenvalue weighted by Gasteiger charge is 2.08. The number of halogens is 2. The molecule has 0 unspecified atom stereocenters. The van der Waals surface area contributed by atoms with Gasteiger partial charge in [0.15, 0.2) is 5.96 Å². The molecule has 1 aliphatic rings. The number of rotatable bonds is 8. The number of aryl methyl sites for hydroxylation is 1. The van der Waals surface area contributed by atoms with Gasteiger partial charge in [0, 0.05) is 26.2 Å². The van der Waals surface area contributed by atoms with E-state index in [1.165, 1.54) is 6.07 Å². The van der Waals surface area contributed by atoms with Gasteiger partial charge in [-0.1, -0.05) is 12.1 Å². The topological polar surface area (TPSA) is 62.9 Å². The number of hydrogen-bond acceptors (Lipinski definition) is 3. The fraction of sp³-hybridized carbons (Fsp3) is 0.588. The molecule has 136 valence electrons. The van der Waals surface area contributed by atoms with Gasteiger partial charge < -0.3 is 15.8 Å². The highest BCUT2D eigenvalue weighted by Crippen LogP contribution is 2.06. The average molecular weight is 450 g/mol. The van der Waals surface area contributed by atoms with Crippen molar-refractivity contribution in [1.82, 2.24) is 10.2 Å². The third kappa shape index (κ3) is 8.79. The van der Waals surface area contributed by atoms with Gasteiger partial charge in [-0.25, -0.2) is 4.39 Å². The Morgan fingerprint density at radius 1 is 1.29 bits per heavy atom. The third-order valence-corrected chi connectivity index (χ3v) is 3.86. The highest BCUT2D eigenvalue weighted by atomic mass is 127. The fourth-order valence-electron chi connectivity index (χ4n) is 2.57. The number of aliphatic imine (C=N–C) groups is 1. The summed E-state index contributed by atoms with van der Waals surface area (Å²) in [7, 11) is 0. The van der Waals surface area contributed by atoms with Crippen molar-refractivity contribution in [2.75, 3.05) is 45.9 Å². The summed E-state index contributed by atoms with van der Waals surface area (Å²) in [5.74, 6) is 0.304. The number of ether oxygens (including phenoxy) is 1. The minimum absolute atomic E-state index is 0. The maximum Gasteiger partial charge on any atom is 0.188 e. The molecule has 0 spiro atoms. The molecule has 1 aromatic carbocycles. The van der Waals surface area contributed by atoms with E-state index in [-0.39, 0.29) is 29.8 Å². The zero-order valence-corrected chi connectivity index (χ0v) is 16.4. The van der Waals surface area contributed by atoms with Crippen molar-refractivity contribution in [2.24, 2.45) is 10.7 Å². The number of nitrogens with two attached hydrogens (primary N) is 1. The molecule has 2 rings (SSSR count). The second kappa shape index (κ2) is 12.4. The minimum Gasteiger partial charge on any atom is -0.379 e. The molecule has 1 aliphatic heterocycles. The monoisotopic (exact) mass is 450 g/mol. The van der Waals surface area contributed by atoms with Gasteiger partial charge in [-0.2, -0.15) is 0 Å². The zero-order chi connectivity index (χ0) is 16.3. The first-order valence-electron chi connectivity index (χ1n) is 8.32. The first-order chi connectivity index (χ1) is 11.2. The number of nitrogens with zero attached hydrogens (tertiary/aromatic N) is 2. The predicted molar refractivity (Wildman–Crippen MR) is 107 cm³/mol. The molecule has 1 heterocycles. The first-order valence-corrected chi connectivity index (χ1v) is 8.32. The second-order valence-corrected chi connectivity index (χ2v) is 5.73. The van der Waals surface area contributed by atoms with Crippen LogP contribution in [0.5, 0.6) is 0 Å². The molecule has 0 bridgehead atoms. The van der Waals surface area contributed by atoms with Crippen LogP contribution < -0.4 is 11.1 Å². The van der Waals surface area contributed by atoms with Crippen molar-refractivity contribution in [3.63, 3.8) is 0 Å². The van der Waals surface area contributed by atoms with Crippen LogP contribution in [-0.2, 0) is 11.2 Å². The highest BCUT2D eigenvalue weighted by molar-refractivity contribution is 14.0. The van der Waals surface area contributed by atoms with Gasteiger partial charge in [0.2, 0.25) is 0 Å². The third-order valence-electron chi connectivity index (χ3n) is 3.86. The summed E-state index contributed by atoms with van der Waals surface area (Å²) in [5, 5.41) is 3.14. The summed E-state index contributed by atoms with van der Waals surface area (Å²) in [6.45, 7) is 6.25. The fourth-order valence-corrected chi connectivity index (χ4v) is 2.57. The molecular weight excluding hydrogens is 422 g/mol. The molecule has 5 nitrogen and oxygen atoms in total. The maximum absolute atomic E-state index is 13.0. The molecule has 3 N–H and O–H groups in total. The van der Waals surface area contributed by atoms with Crippen molar-refractivity contribution in [1.29, 1.82) is 0 Å². The molecular formula is C17H28FIN4O. The normalized spacial score (nSPS) is 15.8. The van der Waals surface area contributed by atoms with Crippen molar-refractivity contribution >= 4 is 29.9 Å². The number of guanidine groups is 1. The van der Waals surface area contributed by atoms with Crippen LogP contribution in [0.1, 0.15) is 18.4 Å². The van der Waals surface area contributed by atoms with E-state index in [1.54, 1.807) is 12.1 Å². The predicted octanol–water partition coefficient (Wildman–Crippen LogP) is 2.00. The summed E-state index contributed by atoms with van der Waals surface area (Å²) in [4.78, 5) is 6.70. The lowest BCUT2D eigenvalue weighted by molar-refractivity contribution is 0.0376. The van der Waals surface area contributed by atoms with E-state index < -0.39 is 0 Å². The molecule has 0 radical (unpaired) electrons. The van der Waals surface area contributed by atoms with Crippen molar-refractivity contribution in [2.45, 2.75) is 19.3 Å². The quantitative estimate of drug-likeness (QED) is 0.275. The van der Waals surface area contributed by atoms with Gasteiger partial charge in [-0.3, -0.25) is 9.89 Å². The minimum atomic E-state index is -0.188. The van der Waals surface area contributed by atoms with Crippen LogP contribution in [0.4, 0.5) is 4.39 Å². The van der Waals surface area contributed by atoms with Gasteiger partial charge in [-0.05, 0) is 43.5 Å². The molecule has 0 aliphatic carbocycles. The van der Waals surface area contributed by atoms with Crippen LogP contribution in [0, 0.1) is 5.82 Å². The molecule has 1 saturated heterocycles. The molecule has 0 amide bonds. The van der Waals surface area contributed by atoms with Gasteiger partial charge in [0.1, 0.15) is 5.82 Å². The number of hydrogen-bond donors (Lipinski definition) is 2. The van der Waals surface area contributed by atoms with Crippen LogP contribution in [0.3, 0.4) is 0 Å². The molecule has 24 heavy (non-hydrogen) atoms. The number of morpholine rings is 1. The summed E-state index contributed by atoms with van der Waals surface area (Å²) in [6, 6.07) is 6.69. The van der Waals surface area contributed by atoms with E-state index >= 15 is 0 Å². The molecule has 1 aromatic rings. The Morgan fingerprint density at radius 2 is 2.08 bits per heavy atom. The second-order valence-electron chi connectivity index (χ2n) is 5.73. The van der Waals surface area contributed by atoms with E-state index in [4.69, 9.17) is 10.5 Å². The van der Waals surface area contributed by atoms with Gasteiger partial charge >= 0.3 is 0 Å². The Bertz CT molecular complexity index is 495. The zero-order valence-electron chi connectivity index (χ0n) is 14.0. The Balaban J connectivity index is 0.00000288. The standard InChI is InChI=1S/C17H27FN4O.HI/c18-16-6-1-4-15(14-16)5-2-7-20-17(19)21-8-3-9-22-10-12-23-13-11-22;/h1,4,6,14H,2-3,5,7-13H2,(H3,19,20,21);1H. The lowest BCUT2D eigenvalue weighted by Crippen LogP contribution is -2.39. The SMILES string of the molecule is I.NC(=NCCCc1cccc(F)c1)NCCCN1CCOCC1. The lowest BCUT2D eigenvalue weighted by atomic mass is 10.1. The summed E-state index contributed by atoms with van der Waals surface area (Å²) in [5.41, 5.74) is 6.84. The average Bonchev–Trinajstić information content (AvgIpc) is 2.57. The summed E-state index contributed by atoms with van der Waals surface area (Å²) < 4.78 is 18.4. The maximum atomic E-state index is 13.0. The van der Waals surface area contributed by atoms with Crippen LogP contribution >= 0.6 is 24.0 Å². The summed E-state index contributed by atoms with van der Waals surface area (Å²) in [6.07, 6.45) is 2.71. The van der Waals surface area contributed by atoms with Crippen molar-refractivity contribution < 1.29 is 9.13 Å². The molecule has 0 aromatic heterocycles. The van der Waals surface area contributed by atoms with E-state index in [0.29, 0.717) is 12.5 Å². The van der Waals surface area contributed by atoms with Crippen molar-refractivity contribution in [3.8, 4) is 0 Å². The lowest BCUT2D eigenvalue weighted by Gasteiger charge is -2.26. The number of nitrogens with one attached hydrogen (secondary N) is 1. The van der Waals surface area contributed by atoms with E-state index in [9.17, 15) is 4.39 Å². The largest absolute Gasteiger partial charge is 0.379 e.